The summed E-state index contributed by atoms with van der Waals surface area (Å²) in [5.41, 5.74) is 1.60. The molecular weight excluding hydrogens is 523 g/mol. The van der Waals surface area contributed by atoms with Crippen molar-refractivity contribution in [2.75, 3.05) is 45.9 Å². The molecule has 1 N–H and O–H groups in total. The molecule has 0 radical (unpaired) electrons. The van der Waals surface area contributed by atoms with Gasteiger partial charge in [-0.3, -0.25) is 14.6 Å². The van der Waals surface area contributed by atoms with E-state index in [2.05, 4.69) is 16.8 Å². The number of rotatable bonds is 8. The number of carbonyl (C=O) groups excluding carboxylic acids is 3. The Kier molecular flexibility index (Phi) is 9.37. The minimum absolute atomic E-state index is 0.0465. The summed E-state index contributed by atoms with van der Waals surface area (Å²) >= 11 is 6.08. The van der Waals surface area contributed by atoms with Gasteiger partial charge in [-0.1, -0.05) is 41.9 Å². The highest BCUT2D eigenvalue weighted by molar-refractivity contribution is 6.30. The molecule has 0 aromatic heterocycles. The molecule has 1 fully saturated rings. The smallest absolute Gasteiger partial charge is 0.338 e. The Hall–Kier alpha value is -3.69. The summed E-state index contributed by atoms with van der Waals surface area (Å²) in [6, 6.07) is 11.8. The number of hydrogen-bond donors (Lipinski definition) is 1. The van der Waals surface area contributed by atoms with Crippen molar-refractivity contribution < 1.29 is 23.5 Å². The zero-order valence-electron chi connectivity index (χ0n) is 21.9. The van der Waals surface area contributed by atoms with Crippen LogP contribution in [-0.2, 0) is 9.53 Å². The molecule has 2 aromatic rings. The average Bonchev–Trinajstić information content (AvgIpc) is 3.16. The molecule has 1 atom stereocenters. The van der Waals surface area contributed by atoms with Gasteiger partial charge in [0.15, 0.2) is 0 Å². The van der Waals surface area contributed by atoms with Crippen LogP contribution in [0.2, 0.25) is 5.02 Å². The summed E-state index contributed by atoms with van der Waals surface area (Å²) < 4.78 is 19.7. The van der Waals surface area contributed by atoms with Crippen LogP contribution in [0, 0.1) is 5.82 Å². The molecule has 2 aromatic carbocycles. The minimum Gasteiger partial charge on any atom is -0.463 e. The Morgan fingerprint density at radius 2 is 1.87 bits per heavy atom. The summed E-state index contributed by atoms with van der Waals surface area (Å²) in [6.45, 7) is 8.11. The second-order valence-electron chi connectivity index (χ2n) is 9.32. The third kappa shape index (κ3) is 6.49. The topological polar surface area (TPSA) is 82.2 Å². The molecule has 0 bridgehead atoms. The number of nitrogens with zero attached hydrogens (tertiary/aromatic N) is 3. The van der Waals surface area contributed by atoms with Gasteiger partial charge in [-0.2, -0.15) is 0 Å². The first-order valence-electron chi connectivity index (χ1n) is 12.9. The van der Waals surface area contributed by atoms with Gasteiger partial charge >= 0.3 is 12.0 Å². The van der Waals surface area contributed by atoms with Crippen molar-refractivity contribution in [3.05, 3.63) is 94.4 Å². The molecule has 2 heterocycles. The van der Waals surface area contributed by atoms with Crippen molar-refractivity contribution in [1.82, 2.24) is 20.0 Å². The van der Waals surface area contributed by atoms with E-state index < -0.39 is 17.8 Å². The second kappa shape index (κ2) is 12.9. The number of carbonyl (C=O) groups is 3. The van der Waals surface area contributed by atoms with E-state index in [1.165, 1.54) is 17.0 Å². The predicted octanol–water partition coefficient (Wildman–Crippen LogP) is 4.40. The molecular formula is C29H32ClFN4O4. The highest BCUT2D eigenvalue weighted by atomic mass is 35.5. The first kappa shape index (κ1) is 28.3. The summed E-state index contributed by atoms with van der Waals surface area (Å²) in [5, 5.41) is 3.47. The molecule has 8 nitrogen and oxygen atoms in total. The quantitative estimate of drug-likeness (QED) is 0.386. The van der Waals surface area contributed by atoms with E-state index in [1.807, 2.05) is 0 Å². The number of hydrogen-bond acceptors (Lipinski definition) is 5. The number of benzene rings is 2. The van der Waals surface area contributed by atoms with Crippen LogP contribution in [0.15, 0.2) is 72.5 Å². The molecule has 0 saturated carbocycles. The fourth-order valence-electron chi connectivity index (χ4n) is 4.90. The summed E-state index contributed by atoms with van der Waals surface area (Å²) in [4.78, 5) is 44.8. The Balaban J connectivity index is 1.64. The molecule has 39 heavy (non-hydrogen) atoms. The van der Waals surface area contributed by atoms with Gasteiger partial charge in [-0.05, 0) is 43.2 Å². The molecule has 1 saturated heterocycles. The van der Waals surface area contributed by atoms with Gasteiger partial charge in [0.05, 0.1) is 23.8 Å². The molecule has 10 heteroatoms. The number of urea groups is 1. The van der Waals surface area contributed by atoms with Gasteiger partial charge in [0, 0.05) is 50.0 Å². The number of esters is 1. The van der Waals surface area contributed by atoms with E-state index in [4.69, 9.17) is 16.3 Å². The summed E-state index contributed by atoms with van der Waals surface area (Å²) in [5.74, 6) is -1.42. The monoisotopic (exact) mass is 554 g/mol. The third-order valence-corrected chi connectivity index (χ3v) is 7.05. The van der Waals surface area contributed by atoms with Crippen molar-refractivity contribution in [2.24, 2.45) is 0 Å². The van der Waals surface area contributed by atoms with E-state index in [0.29, 0.717) is 54.5 Å². The molecule has 4 rings (SSSR count). The first-order chi connectivity index (χ1) is 18.8. The van der Waals surface area contributed by atoms with Gasteiger partial charge in [-0.15, -0.1) is 6.58 Å². The lowest BCUT2D eigenvalue weighted by molar-refractivity contribution is -0.139. The van der Waals surface area contributed by atoms with Crippen LogP contribution < -0.4 is 5.32 Å². The molecule has 2 aliphatic rings. The van der Waals surface area contributed by atoms with E-state index in [-0.39, 0.29) is 37.2 Å². The van der Waals surface area contributed by atoms with E-state index in [0.717, 1.165) is 0 Å². The van der Waals surface area contributed by atoms with Gasteiger partial charge in [0.2, 0.25) is 0 Å². The fourth-order valence-corrected chi connectivity index (χ4v) is 5.03. The minimum atomic E-state index is -0.726. The van der Waals surface area contributed by atoms with Crippen molar-refractivity contribution in [3.63, 3.8) is 0 Å². The molecule has 2 aliphatic heterocycles. The van der Waals surface area contributed by atoms with Gasteiger partial charge < -0.3 is 15.0 Å². The maximum Gasteiger partial charge on any atom is 0.338 e. The number of halogens is 2. The Labute approximate surface area is 232 Å². The fraction of sp³-hybridized carbons (Fsp3) is 0.345. The zero-order chi connectivity index (χ0) is 27.9. The molecule has 1 unspecified atom stereocenters. The standard InChI is InChI=1S/C29H32ClFN4O4/c1-3-14-35-24(19-33-15-7-16-34(18-17-33)27(36)22-8-5-6-9-23(22)31)25(28(37)39-4-2)26(32-29(35)38)20-10-12-21(30)13-11-20/h3,5-6,8-13,26H,1,4,7,14-19H2,2H3,(H,32,38). The Bertz CT molecular complexity index is 1270. The lowest BCUT2D eigenvalue weighted by atomic mass is 9.94. The van der Waals surface area contributed by atoms with Crippen LogP contribution >= 0.6 is 11.6 Å². The van der Waals surface area contributed by atoms with Crippen molar-refractivity contribution in [2.45, 2.75) is 19.4 Å². The van der Waals surface area contributed by atoms with Crippen molar-refractivity contribution in [1.29, 1.82) is 0 Å². The maximum absolute atomic E-state index is 14.2. The van der Waals surface area contributed by atoms with Crippen LogP contribution in [0.3, 0.4) is 0 Å². The molecule has 206 valence electrons. The van der Waals surface area contributed by atoms with Crippen LogP contribution in [-0.4, -0.2) is 78.5 Å². The normalized spacial score (nSPS) is 18.4. The van der Waals surface area contributed by atoms with Gasteiger partial charge in [0.25, 0.3) is 5.91 Å². The number of amides is 3. The van der Waals surface area contributed by atoms with Crippen LogP contribution in [0.25, 0.3) is 0 Å². The number of nitrogens with one attached hydrogen (secondary N) is 1. The second-order valence-corrected chi connectivity index (χ2v) is 9.75. The lowest BCUT2D eigenvalue weighted by Gasteiger charge is -2.38. The van der Waals surface area contributed by atoms with Crippen LogP contribution in [0.1, 0.15) is 35.3 Å². The van der Waals surface area contributed by atoms with E-state index in [1.54, 1.807) is 54.3 Å². The SMILES string of the molecule is C=CCN1C(=O)NC(c2ccc(Cl)cc2)C(C(=O)OCC)=C1CN1CCCN(C(=O)c2ccccc2F)CC1. The maximum atomic E-state index is 14.2. The van der Waals surface area contributed by atoms with Crippen molar-refractivity contribution >= 4 is 29.5 Å². The highest BCUT2D eigenvalue weighted by Crippen LogP contribution is 2.33. The first-order valence-corrected chi connectivity index (χ1v) is 13.3. The predicted molar refractivity (Wildman–Crippen MR) is 147 cm³/mol. The molecule has 3 amide bonds. The number of ether oxygens (including phenoxy) is 1. The lowest BCUT2D eigenvalue weighted by Crippen LogP contribution is -2.51. The van der Waals surface area contributed by atoms with Crippen LogP contribution in [0.5, 0.6) is 0 Å². The molecule has 0 spiro atoms. The van der Waals surface area contributed by atoms with Crippen LogP contribution in [0.4, 0.5) is 9.18 Å². The summed E-state index contributed by atoms with van der Waals surface area (Å²) in [7, 11) is 0. The van der Waals surface area contributed by atoms with Crippen molar-refractivity contribution in [3.8, 4) is 0 Å². The third-order valence-electron chi connectivity index (χ3n) is 6.80. The van der Waals surface area contributed by atoms with E-state index >= 15 is 0 Å². The zero-order valence-corrected chi connectivity index (χ0v) is 22.6. The largest absolute Gasteiger partial charge is 0.463 e. The Morgan fingerprint density at radius 1 is 1.13 bits per heavy atom. The summed E-state index contributed by atoms with van der Waals surface area (Å²) in [6.07, 6.45) is 2.25. The van der Waals surface area contributed by atoms with E-state index in [9.17, 15) is 18.8 Å². The Morgan fingerprint density at radius 3 is 2.56 bits per heavy atom. The average molecular weight is 555 g/mol. The van der Waals surface area contributed by atoms with Gasteiger partial charge in [-0.25, -0.2) is 14.0 Å². The highest BCUT2D eigenvalue weighted by Gasteiger charge is 2.38. The molecule has 0 aliphatic carbocycles. The van der Waals surface area contributed by atoms with Gasteiger partial charge in [0.1, 0.15) is 5.82 Å².